The van der Waals surface area contributed by atoms with E-state index in [0.29, 0.717) is 5.57 Å². The lowest BCUT2D eigenvalue weighted by Gasteiger charge is -2.10. The number of aromatic nitrogens is 1. The van der Waals surface area contributed by atoms with Crippen molar-refractivity contribution in [3.8, 4) is 0 Å². The fraction of sp³-hybridized carbons (Fsp3) is 0.0667. The quantitative estimate of drug-likeness (QED) is 0.288. The van der Waals surface area contributed by atoms with Gasteiger partial charge in [0.05, 0.1) is 17.0 Å². The molecule has 0 spiro atoms. The van der Waals surface area contributed by atoms with Crippen molar-refractivity contribution in [3.63, 3.8) is 0 Å². The molecular weight excluding hydrogens is 418 g/mol. The first-order valence-corrected chi connectivity index (χ1v) is 11.4. The molecule has 4 heteroatoms. The van der Waals surface area contributed by atoms with Gasteiger partial charge in [-0.25, -0.2) is 0 Å². The zero-order chi connectivity index (χ0) is 23.1. The highest BCUT2D eigenvalue weighted by Gasteiger charge is 2.29. The van der Waals surface area contributed by atoms with Crippen LogP contribution in [0.15, 0.2) is 114 Å². The molecule has 0 saturated carbocycles. The van der Waals surface area contributed by atoms with Gasteiger partial charge in [-0.3, -0.25) is 4.79 Å². The molecule has 164 valence electrons. The van der Waals surface area contributed by atoms with E-state index in [2.05, 4.69) is 76.5 Å². The molecule has 0 aliphatic carbocycles. The normalized spacial score (nSPS) is 15.0. The molecular formula is C30H23N3O. The predicted octanol–water partition coefficient (Wildman–Crippen LogP) is 6.65. The maximum atomic E-state index is 13.2. The molecule has 1 aliphatic rings. The molecule has 0 radical (unpaired) electrons. The summed E-state index contributed by atoms with van der Waals surface area (Å²) in [6.45, 7) is 2.64. The van der Waals surface area contributed by atoms with Gasteiger partial charge in [-0.15, -0.1) is 0 Å². The van der Waals surface area contributed by atoms with Crippen molar-refractivity contribution in [2.45, 2.75) is 13.5 Å². The number of carbonyl (C=O) groups excluding carboxylic acids is 1. The number of carbonyl (C=O) groups is 1. The summed E-state index contributed by atoms with van der Waals surface area (Å²) < 4.78 is 2.27. The minimum atomic E-state index is -0.102. The second-order valence-electron chi connectivity index (χ2n) is 8.56. The van der Waals surface area contributed by atoms with Gasteiger partial charge in [0, 0.05) is 29.2 Å². The molecule has 34 heavy (non-hydrogen) atoms. The molecule has 0 fully saturated rings. The van der Waals surface area contributed by atoms with Gasteiger partial charge in [0.1, 0.15) is 0 Å². The standard InChI is InChI=1S/C30H23N3O/c1-21-28(30(34)33(31-21)25-13-3-2-4-14-25)18-24-20-32(29-17-8-7-16-27(24)29)19-23-12-9-11-22-10-5-6-15-26(22)23/h2-18,20H,19H2,1H3. The Hall–Kier alpha value is -4.44. The van der Waals surface area contributed by atoms with Crippen LogP contribution in [0.3, 0.4) is 0 Å². The lowest BCUT2D eigenvalue weighted by Crippen LogP contribution is -2.21. The van der Waals surface area contributed by atoms with E-state index in [-0.39, 0.29) is 5.91 Å². The van der Waals surface area contributed by atoms with E-state index in [1.807, 2.05) is 49.4 Å². The monoisotopic (exact) mass is 441 g/mol. The molecule has 5 aromatic rings. The molecule has 0 atom stereocenters. The number of hydrogen-bond acceptors (Lipinski definition) is 2. The summed E-state index contributed by atoms with van der Waals surface area (Å²) in [6.07, 6.45) is 4.12. The molecule has 0 saturated heterocycles. The SMILES string of the molecule is CC1=NN(c2ccccc2)C(=O)C1=Cc1cn(Cc2cccc3ccccc23)c2ccccc12. The van der Waals surface area contributed by atoms with E-state index in [0.717, 1.165) is 34.4 Å². The first-order valence-electron chi connectivity index (χ1n) is 11.4. The summed E-state index contributed by atoms with van der Waals surface area (Å²) in [5, 5.41) is 9.63. The van der Waals surface area contributed by atoms with E-state index in [9.17, 15) is 4.79 Å². The molecule has 6 rings (SSSR count). The van der Waals surface area contributed by atoms with Crippen molar-refractivity contribution in [1.29, 1.82) is 0 Å². The fourth-order valence-electron chi connectivity index (χ4n) is 4.72. The zero-order valence-corrected chi connectivity index (χ0v) is 18.8. The molecule has 0 unspecified atom stereocenters. The van der Waals surface area contributed by atoms with E-state index in [1.165, 1.54) is 21.3 Å². The van der Waals surface area contributed by atoms with Gasteiger partial charge >= 0.3 is 0 Å². The Morgan fingerprint density at radius 1 is 0.794 bits per heavy atom. The van der Waals surface area contributed by atoms with E-state index < -0.39 is 0 Å². The Labute approximate surface area is 198 Å². The number of benzene rings is 4. The van der Waals surface area contributed by atoms with Crippen LogP contribution >= 0.6 is 0 Å². The molecule has 0 bridgehead atoms. The Balaban J connectivity index is 1.42. The Bertz CT molecular complexity index is 1600. The van der Waals surface area contributed by atoms with Gasteiger partial charge < -0.3 is 4.57 Å². The number of hydrogen-bond donors (Lipinski definition) is 0. The number of anilines is 1. The van der Waals surface area contributed by atoms with Crippen LogP contribution in [0.4, 0.5) is 5.69 Å². The second kappa shape index (κ2) is 8.16. The Morgan fingerprint density at radius 3 is 2.35 bits per heavy atom. The number of nitrogens with zero attached hydrogens (tertiary/aromatic N) is 3. The summed E-state index contributed by atoms with van der Waals surface area (Å²) in [5.74, 6) is -0.102. The van der Waals surface area contributed by atoms with Gasteiger partial charge in [0.15, 0.2) is 0 Å². The lowest BCUT2D eigenvalue weighted by molar-refractivity contribution is -0.114. The number of hydrazone groups is 1. The van der Waals surface area contributed by atoms with Gasteiger partial charge in [0.2, 0.25) is 0 Å². The van der Waals surface area contributed by atoms with Gasteiger partial charge in [-0.1, -0.05) is 78.9 Å². The largest absolute Gasteiger partial charge is 0.342 e. The van der Waals surface area contributed by atoms with Gasteiger partial charge in [-0.05, 0) is 47.5 Å². The Morgan fingerprint density at radius 2 is 1.50 bits per heavy atom. The average molecular weight is 442 g/mol. The van der Waals surface area contributed by atoms with Crippen molar-refractivity contribution in [2.75, 3.05) is 5.01 Å². The highest BCUT2D eigenvalue weighted by atomic mass is 16.2. The first-order chi connectivity index (χ1) is 16.7. The number of para-hydroxylation sites is 2. The highest BCUT2D eigenvalue weighted by Crippen LogP contribution is 2.29. The molecule has 2 heterocycles. The zero-order valence-electron chi connectivity index (χ0n) is 18.8. The van der Waals surface area contributed by atoms with Crippen molar-refractivity contribution in [1.82, 2.24) is 4.57 Å². The topological polar surface area (TPSA) is 37.6 Å². The summed E-state index contributed by atoms with van der Waals surface area (Å²) in [7, 11) is 0. The van der Waals surface area contributed by atoms with Gasteiger partial charge in [0.25, 0.3) is 5.91 Å². The van der Waals surface area contributed by atoms with Crippen molar-refractivity contribution >= 4 is 45.1 Å². The lowest BCUT2D eigenvalue weighted by atomic mass is 10.0. The third kappa shape index (κ3) is 3.41. The summed E-state index contributed by atoms with van der Waals surface area (Å²) in [4.78, 5) is 13.2. The van der Waals surface area contributed by atoms with Crippen LogP contribution in [0, 0.1) is 0 Å². The van der Waals surface area contributed by atoms with Crippen LogP contribution in [0.5, 0.6) is 0 Å². The minimum Gasteiger partial charge on any atom is -0.342 e. The van der Waals surface area contributed by atoms with Crippen LogP contribution in [-0.4, -0.2) is 16.2 Å². The second-order valence-corrected chi connectivity index (χ2v) is 8.56. The van der Waals surface area contributed by atoms with E-state index in [1.54, 1.807) is 0 Å². The fourth-order valence-corrected chi connectivity index (χ4v) is 4.72. The smallest absolute Gasteiger partial charge is 0.280 e. The number of fused-ring (bicyclic) bond motifs is 2. The van der Waals surface area contributed by atoms with E-state index in [4.69, 9.17) is 0 Å². The maximum absolute atomic E-state index is 13.2. The number of amides is 1. The summed E-state index contributed by atoms with van der Waals surface area (Å²) >= 11 is 0. The molecule has 1 aliphatic heterocycles. The summed E-state index contributed by atoms with van der Waals surface area (Å²) in [5.41, 5.74) is 5.54. The maximum Gasteiger partial charge on any atom is 0.280 e. The van der Waals surface area contributed by atoms with Crippen LogP contribution in [-0.2, 0) is 11.3 Å². The van der Waals surface area contributed by atoms with Crippen LogP contribution in [0.2, 0.25) is 0 Å². The molecule has 0 N–H and O–H groups in total. The predicted molar refractivity (Wildman–Crippen MR) is 140 cm³/mol. The molecule has 1 aromatic heterocycles. The Kier molecular flexibility index (Phi) is 4.84. The van der Waals surface area contributed by atoms with Gasteiger partial charge in [-0.2, -0.15) is 10.1 Å². The average Bonchev–Trinajstić information content (AvgIpc) is 3.37. The minimum absolute atomic E-state index is 0.102. The van der Waals surface area contributed by atoms with E-state index >= 15 is 0 Å². The summed E-state index contributed by atoms with van der Waals surface area (Å²) in [6, 6.07) is 32.8. The molecule has 1 amide bonds. The third-order valence-electron chi connectivity index (χ3n) is 6.40. The van der Waals surface area contributed by atoms with Crippen LogP contribution < -0.4 is 5.01 Å². The first kappa shape index (κ1) is 20.2. The molecule has 4 aromatic carbocycles. The van der Waals surface area contributed by atoms with Crippen molar-refractivity contribution in [3.05, 3.63) is 120 Å². The highest BCUT2D eigenvalue weighted by molar-refractivity contribution is 6.32. The van der Waals surface area contributed by atoms with Crippen LogP contribution in [0.25, 0.3) is 27.8 Å². The molecule has 4 nitrogen and oxygen atoms in total. The van der Waals surface area contributed by atoms with Crippen LogP contribution in [0.1, 0.15) is 18.1 Å². The number of rotatable bonds is 4. The van der Waals surface area contributed by atoms with Crippen molar-refractivity contribution in [2.24, 2.45) is 5.10 Å². The van der Waals surface area contributed by atoms with Crippen molar-refractivity contribution < 1.29 is 4.79 Å². The third-order valence-corrected chi connectivity index (χ3v) is 6.40.